The molecule has 0 bridgehead atoms. The van der Waals surface area contributed by atoms with Crippen LogP contribution >= 0.6 is 0 Å². The summed E-state index contributed by atoms with van der Waals surface area (Å²) < 4.78 is 5.38. The summed E-state index contributed by atoms with van der Waals surface area (Å²) in [5.41, 5.74) is 1.78. The number of hydrogen-bond acceptors (Lipinski definition) is 5. The van der Waals surface area contributed by atoms with Crippen molar-refractivity contribution in [1.82, 2.24) is 9.80 Å². The molecule has 3 amide bonds. The molecule has 7 heteroatoms. The van der Waals surface area contributed by atoms with Crippen molar-refractivity contribution in [3.05, 3.63) is 70.8 Å². The lowest BCUT2D eigenvalue weighted by Crippen LogP contribution is -2.47. The number of nitrogens with zero attached hydrogens (tertiary/aromatic N) is 2. The molecular formula is C25H28N2O5. The van der Waals surface area contributed by atoms with E-state index < -0.39 is 12.1 Å². The van der Waals surface area contributed by atoms with Crippen LogP contribution in [0.25, 0.3) is 0 Å². The Bertz CT molecular complexity index is 1000. The number of carbonyl (C=O) groups is 4. The lowest BCUT2D eigenvalue weighted by atomic mass is 10.1. The first kappa shape index (κ1) is 23.2. The zero-order chi connectivity index (χ0) is 23.6. The molecule has 168 valence electrons. The molecule has 2 aromatic carbocycles. The molecule has 1 unspecified atom stereocenters. The SMILES string of the molecule is CC(OC(=O)c1ccc(CN2C(=O)c3ccccc3C2=O)cc1)C(=O)N(C(C)C)C(C)C. The van der Waals surface area contributed by atoms with Crippen LogP contribution in [0.2, 0.25) is 0 Å². The fraction of sp³-hybridized carbons (Fsp3) is 0.360. The number of esters is 1. The van der Waals surface area contributed by atoms with Gasteiger partial charge in [-0.2, -0.15) is 0 Å². The van der Waals surface area contributed by atoms with E-state index in [2.05, 4.69) is 0 Å². The molecule has 0 radical (unpaired) electrons. The fourth-order valence-corrected chi connectivity index (χ4v) is 3.91. The average Bonchev–Trinajstić information content (AvgIpc) is 2.98. The van der Waals surface area contributed by atoms with Gasteiger partial charge >= 0.3 is 5.97 Å². The van der Waals surface area contributed by atoms with Crippen LogP contribution in [0.1, 0.15) is 71.3 Å². The predicted octanol–water partition coefficient (Wildman–Crippen LogP) is 3.67. The molecule has 32 heavy (non-hydrogen) atoms. The predicted molar refractivity (Wildman–Crippen MR) is 119 cm³/mol. The molecule has 0 aromatic heterocycles. The van der Waals surface area contributed by atoms with E-state index >= 15 is 0 Å². The highest BCUT2D eigenvalue weighted by Gasteiger charge is 2.35. The Morgan fingerprint density at radius 2 is 1.34 bits per heavy atom. The first-order valence-electron chi connectivity index (χ1n) is 10.7. The summed E-state index contributed by atoms with van der Waals surface area (Å²) in [6, 6.07) is 13.2. The second kappa shape index (κ2) is 9.34. The topological polar surface area (TPSA) is 84.0 Å². The van der Waals surface area contributed by atoms with Gasteiger partial charge in [0.25, 0.3) is 17.7 Å². The monoisotopic (exact) mass is 436 g/mol. The Balaban J connectivity index is 1.65. The summed E-state index contributed by atoms with van der Waals surface area (Å²) in [4.78, 5) is 53.1. The van der Waals surface area contributed by atoms with Gasteiger partial charge < -0.3 is 9.64 Å². The smallest absolute Gasteiger partial charge is 0.338 e. The maximum atomic E-state index is 12.7. The van der Waals surface area contributed by atoms with Crippen LogP contribution in [0, 0.1) is 0 Å². The molecule has 3 rings (SSSR count). The third-order valence-electron chi connectivity index (χ3n) is 5.41. The zero-order valence-electron chi connectivity index (χ0n) is 19.0. The van der Waals surface area contributed by atoms with Crippen LogP contribution in [0.5, 0.6) is 0 Å². The van der Waals surface area contributed by atoms with Crippen molar-refractivity contribution >= 4 is 23.7 Å². The number of carbonyl (C=O) groups excluding carboxylic acids is 4. The minimum absolute atomic E-state index is 0.00918. The summed E-state index contributed by atoms with van der Waals surface area (Å²) in [6.07, 6.45) is -0.912. The van der Waals surface area contributed by atoms with Crippen LogP contribution in [-0.4, -0.2) is 51.7 Å². The molecule has 1 aliphatic rings. The number of rotatable bonds is 7. The maximum absolute atomic E-state index is 12.7. The number of amides is 3. The van der Waals surface area contributed by atoms with Crippen molar-refractivity contribution in [2.24, 2.45) is 0 Å². The van der Waals surface area contributed by atoms with E-state index in [9.17, 15) is 19.2 Å². The number of benzene rings is 2. The first-order chi connectivity index (χ1) is 15.1. The van der Waals surface area contributed by atoms with E-state index in [4.69, 9.17) is 4.74 Å². The van der Waals surface area contributed by atoms with Gasteiger partial charge in [0.1, 0.15) is 0 Å². The van der Waals surface area contributed by atoms with Gasteiger partial charge in [-0.1, -0.05) is 24.3 Å². The Morgan fingerprint density at radius 1 is 0.844 bits per heavy atom. The first-order valence-corrected chi connectivity index (χ1v) is 10.7. The van der Waals surface area contributed by atoms with E-state index in [0.717, 1.165) is 0 Å². The quantitative estimate of drug-likeness (QED) is 0.488. The molecule has 2 aromatic rings. The van der Waals surface area contributed by atoms with Gasteiger partial charge in [-0.3, -0.25) is 19.3 Å². The Hall–Kier alpha value is -3.48. The van der Waals surface area contributed by atoms with Crippen LogP contribution in [-0.2, 0) is 16.1 Å². The molecule has 0 fully saturated rings. The molecule has 0 spiro atoms. The third-order valence-corrected chi connectivity index (χ3v) is 5.41. The molecule has 0 saturated heterocycles. The highest BCUT2D eigenvalue weighted by molar-refractivity contribution is 6.21. The summed E-state index contributed by atoms with van der Waals surface area (Å²) in [5, 5.41) is 0. The minimum Gasteiger partial charge on any atom is -0.449 e. The lowest BCUT2D eigenvalue weighted by Gasteiger charge is -2.32. The Morgan fingerprint density at radius 3 is 1.81 bits per heavy atom. The number of hydrogen-bond donors (Lipinski definition) is 0. The summed E-state index contributed by atoms with van der Waals surface area (Å²) in [7, 11) is 0. The maximum Gasteiger partial charge on any atom is 0.338 e. The van der Waals surface area contributed by atoms with E-state index in [1.165, 1.54) is 4.90 Å². The van der Waals surface area contributed by atoms with Gasteiger partial charge in [-0.15, -0.1) is 0 Å². The number of fused-ring (bicyclic) bond motifs is 1. The molecule has 7 nitrogen and oxygen atoms in total. The van der Waals surface area contributed by atoms with Crippen LogP contribution in [0.4, 0.5) is 0 Å². The molecule has 0 N–H and O–H groups in total. The van der Waals surface area contributed by atoms with Crippen molar-refractivity contribution < 1.29 is 23.9 Å². The average molecular weight is 437 g/mol. The van der Waals surface area contributed by atoms with Gasteiger partial charge in [-0.25, -0.2) is 4.79 Å². The van der Waals surface area contributed by atoms with Crippen LogP contribution in [0.15, 0.2) is 48.5 Å². The third kappa shape index (κ3) is 4.56. The van der Waals surface area contributed by atoms with Crippen molar-refractivity contribution in [2.45, 2.75) is 59.4 Å². The summed E-state index contributed by atoms with van der Waals surface area (Å²) >= 11 is 0. The van der Waals surface area contributed by atoms with Gasteiger partial charge in [0, 0.05) is 12.1 Å². The van der Waals surface area contributed by atoms with Gasteiger partial charge in [0.05, 0.1) is 23.2 Å². The standard InChI is InChI=1S/C25H28N2O5/c1-15(2)27(16(3)4)22(28)17(5)32-25(31)19-12-10-18(11-13-19)14-26-23(29)20-8-6-7-9-21(20)24(26)30/h6-13,15-17H,14H2,1-5H3. The normalized spacial score (nSPS) is 14.0. The molecule has 0 saturated carbocycles. The Kier molecular flexibility index (Phi) is 6.77. The molecular weight excluding hydrogens is 408 g/mol. The summed E-state index contributed by atoms with van der Waals surface area (Å²) in [5.74, 6) is -1.52. The highest BCUT2D eigenvalue weighted by Crippen LogP contribution is 2.24. The highest BCUT2D eigenvalue weighted by atomic mass is 16.5. The van der Waals surface area contributed by atoms with Crippen molar-refractivity contribution in [2.75, 3.05) is 0 Å². The van der Waals surface area contributed by atoms with Crippen molar-refractivity contribution in [1.29, 1.82) is 0 Å². The van der Waals surface area contributed by atoms with Gasteiger partial charge in [0.2, 0.25) is 0 Å². The Labute approximate surface area is 188 Å². The molecule has 1 atom stereocenters. The van der Waals surface area contributed by atoms with Gasteiger partial charge in [0.15, 0.2) is 6.10 Å². The second-order valence-corrected chi connectivity index (χ2v) is 8.42. The van der Waals surface area contributed by atoms with E-state index in [1.54, 1.807) is 60.4 Å². The largest absolute Gasteiger partial charge is 0.449 e. The lowest BCUT2D eigenvalue weighted by molar-refractivity contribution is -0.143. The van der Waals surface area contributed by atoms with E-state index in [-0.39, 0.29) is 41.9 Å². The van der Waals surface area contributed by atoms with E-state index in [1.807, 2.05) is 27.7 Å². The number of imide groups is 1. The van der Waals surface area contributed by atoms with Crippen LogP contribution < -0.4 is 0 Å². The molecule has 1 heterocycles. The summed E-state index contributed by atoms with van der Waals surface area (Å²) in [6.45, 7) is 9.33. The number of ether oxygens (including phenoxy) is 1. The van der Waals surface area contributed by atoms with Crippen LogP contribution in [0.3, 0.4) is 0 Å². The van der Waals surface area contributed by atoms with E-state index in [0.29, 0.717) is 16.7 Å². The zero-order valence-corrected chi connectivity index (χ0v) is 19.0. The van der Waals surface area contributed by atoms with Crippen molar-refractivity contribution in [3.8, 4) is 0 Å². The molecule has 1 aliphatic heterocycles. The molecule has 0 aliphatic carbocycles. The van der Waals surface area contributed by atoms with Crippen molar-refractivity contribution in [3.63, 3.8) is 0 Å². The fourth-order valence-electron chi connectivity index (χ4n) is 3.91. The second-order valence-electron chi connectivity index (χ2n) is 8.42. The minimum atomic E-state index is -0.912. The van der Waals surface area contributed by atoms with Gasteiger partial charge in [-0.05, 0) is 64.4 Å².